The zero-order valence-corrected chi connectivity index (χ0v) is 17.2. The third kappa shape index (κ3) is 5.28. The summed E-state index contributed by atoms with van der Waals surface area (Å²) in [7, 11) is 3.12. The molecule has 0 unspecified atom stereocenters. The second kappa shape index (κ2) is 9.45. The molecule has 2 aromatic rings. The molecule has 0 atom stereocenters. The van der Waals surface area contributed by atoms with Crippen LogP contribution in [0.3, 0.4) is 0 Å². The fourth-order valence-electron chi connectivity index (χ4n) is 3.61. The summed E-state index contributed by atoms with van der Waals surface area (Å²) in [5.41, 5.74) is 2.80. The Morgan fingerprint density at radius 3 is 2.28 bits per heavy atom. The van der Waals surface area contributed by atoms with Crippen molar-refractivity contribution in [2.75, 3.05) is 27.3 Å². The molecule has 6 heteroatoms. The van der Waals surface area contributed by atoms with Gasteiger partial charge in [0.2, 0.25) is 5.91 Å². The van der Waals surface area contributed by atoms with Gasteiger partial charge in [-0.3, -0.25) is 9.59 Å². The van der Waals surface area contributed by atoms with Crippen molar-refractivity contribution in [2.45, 2.75) is 26.3 Å². The number of nitrogens with zero attached hydrogens (tertiary/aromatic N) is 1. The molecule has 3 rings (SSSR count). The Morgan fingerprint density at radius 2 is 1.69 bits per heavy atom. The Hall–Kier alpha value is -3.02. The molecule has 2 amide bonds. The van der Waals surface area contributed by atoms with Crippen molar-refractivity contribution < 1.29 is 19.1 Å². The first-order chi connectivity index (χ1) is 14.0. The summed E-state index contributed by atoms with van der Waals surface area (Å²) in [6, 6.07) is 13.3. The molecule has 1 fully saturated rings. The number of benzene rings is 2. The number of carbonyl (C=O) groups excluding carboxylic acids is 2. The maximum atomic E-state index is 12.9. The van der Waals surface area contributed by atoms with E-state index in [2.05, 4.69) is 11.4 Å². The third-order valence-electron chi connectivity index (χ3n) is 5.30. The minimum absolute atomic E-state index is 0.0571. The summed E-state index contributed by atoms with van der Waals surface area (Å²) in [5, 5.41) is 3.03. The summed E-state index contributed by atoms with van der Waals surface area (Å²) < 4.78 is 10.5. The molecule has 1 aliphatic heterocycles. The third-order valence-corrected chi connectivity index (χ3v) is 5.30. The normalized spacial score (nSPS) is 14.4. The number of amides is 2. The van der Waals surface area contributed by atoms with Crippen LogP contribution in [-0.2, 0) is 11.3 Å². The van der Waals surface area contributed by atoms with E-state index in [4.69, 9.17) is 9.47 Å². The predicted molar refractivity (Wildman–Crippen MR) is 111 cm³/mol. The summed E-state index contributed by atoms with van der Waals surface area (Å²) in [6.45, 7) is 3.68. The molecule has 6 nitrogen and oxygen atoms in total. The molecule has 0 aromatic heterocycles. The number of piperidine rings is 1. The molecule has 1 N–H and O–H groups in total. The average molecular weight is 396 g/mol. The van der Waals surface area contributed by atoms with E-state index in [0.717, 1.165) is 5.56 Å². The van der Waals surface area contributed by atoms with Gasteiger partial charge in [-0.15, -0.1) is 0 Å². The Kier molecular flexibility index (Phi) is 6.75. The van der Waals surface area contributed by atoms with Crippen molar-refractivity contribution in [3.05, 3.63) is 59.2 Å². The summed E-state index contributed by atoms with van der Waals surface area (Å²) >= 11 is 0. The van der Waals surface area contributed by atoms with Crippen molar-refractivity contribution in [3.8, 4) is 11.5 Å². The highest BCUT2D eigenvalue weighted by Gasteiger charge is 2.28. The van der Waals surface area contributed by atoms with Crippen LogP contribution in [0.4, 0.5) is 0 Å². The number of aryl methyl sites for hydroxylation is 1. The highest BCUT2D eigenvalue weighted by atomic mass is 16.5. The van der Waals surface area contributed by atoms with Gasteiger partial charge in [0.05, 0.1) is 14.2 Å². The number of likely N-dealkylation sites (tertiary alicyclic amines) is 1. The van der Waals surface area contributed by atoms with Gasteiger partial charge in [0.15, 0.2) is 0 Å². The summed E-state index contributed by atoms with van der Waals surface area (Å²) in [5.74, 6) is 1.09. The number of hydrogen-bond donors (Lipinski definition) is 1. The number of hydrogen-bond acceptors (Lipinski definition) is 4. The van der Waals surface area contributed by atoms with Crippen LogP contribution in [-0.4, -0.2) is 44.0 Å². The molecule has 0 spiro atoms. The minimum atomic E-state index is -0.0687. The topological polar surface area (TPSA) is 67.9 Å². The Balaban J connectivity index is 1.54. The van der Waals surface area contributed by atoms with E-state index in [1.54, 1.807) is 37.3 Å². The molecule has 1 heterocycles. The molecule has 1 saturated heterocycles. The maximum absolute atomic E-state index is 12.9. The quantitative estimate of drug-likeness (QED) is 0.814. The zero-order valence-electron chi connectivity index (χ0n) is 17.2. The van der Waals surface area contributed by atoms with Crippen LogP contribution in [0.1, 0.15) is 34.3 Å². The van der Waals surface area contributed by atoms with Gasteiger partial charge < -0.3 is 19.7 Å². The molecule has 1 aliphatic rings. The van der Waals surface area contributed by atoms with Crippen molar-refractivity contribution in [3.63, 3.8) is 0 Å². The molecular weight excluding hydrogens is 368 g/mol. The van der Waals surface area contributed by atoms with Crippen molar-refractivity contribution in [1.29, 1.82) is 0 Å². The average Bonchev–Trinajstić information content (AvgIpc) is 2.76. The molecular formula is C23H28N2O4. The van der Waals surface area contributed by atoms with Crippen molar-refractivity contribution in [1.82, 2.24) is 10.2 Å². The first-order valence-electron chi connectivity index (χ1n) is 9.85. The van der Waals surface area contributed by atoms with Crippen molar-refractivity contribution >= 4 is 11.8 Å². The van der Waals surface area contributed by atoms with E-state index in [1.165, 1.54) is 5.56 Å². The van der Waals surface area contributed by atoms with Gasteiger partial charge in [-0.2, -0.15) is 0 Å². The van der Waals surface area contributed by atoms with Crippen molar-refractivity contribution in [2.24, 2.45) is 5.92 Å². The lowest BCUT2D eigenvalue weighted by atomic mass is 9.95. The van der Waals surface area contributed by atoms with E-state index >= 15 is 0 Å². The smallest absolute Gasteiger partial charge is 0.254 e. The minimum Gasteiger partial charge on any atom is -0.497 e. The fourth-order valence-corrected chi connectivity index (χ4v) is 3.61. The lowest BCUT2D eigenvalue weighted by Gasteiger charge is -2.31. The molecule has 0 aliphatic carbocycles. The van der Waals surface area contributed by atoms with E-state index in [9.17, 15) is 9.59 Å². The molecule has 2 aromatic carbocycles. The van der Waals surface area contributed by atoms with Gasteiger partial charge in [-0.25, -0.2) is 0 Å². The van der Waals surface area contributed by atoms with Gasteiger partial charge in [0, 0.05) is 37.2 Å². The maximum Gasteiger partial charge on any atom is 0.254 e. The number of nitrogens with one attached hydrogen (secondary N) is 1. The van der Waals surface area contributed by atoms with E-state index in [0.29, 0.717) is 49.5 Å². The molecule has 0 radical (unpaired) electrons. The molecule has 0 saturated carbocycles. The summed E-state index contributed by atoms with van der Waals surface area (Å²) in [4.78, 5) is 27.2. The first-order valence-corrected chi connectivity index (χ1v) is 9.85. The van der Waals surface area contributed by atoms with Crippen LogP contribution in [0.15, 0.2) is 42.5 Å². The zero-order chi connectivity index (χ0) is 20.8. The van der Waals surface area contributed by atoms with Crippen LogP contribution in [0, 0.1) is 12.8 Å². The van der Waals surface area contributed by atoms with Gasteiger partial charge in [-0.05, 0) is 37.5 Å². The predicted octanol–water partition coefficient (Wildman–Crippen LogP) is 3.18. The monoisotopic (exact) mass is 396 g/mol. The lowest BCUT2D eigenvalue weighted by Crippen LogP contribution is -2.42. The van der Waals surface area contributed by atoms with Crippen LogP contribution in [0.2, 0.25) is 0 Å². The number of methoxy groups -OCH3 is 2. The SMILES string of the molecule is COc1cc(OC)cc(C(=O)N2CCC(C(=O)NCc3cccc(C)c3)CC2)c1. The van der Waals surface area contributed by atoms with E-state index in [1.807, 2.05) is 25.1 Å². The molecule has 0 bridgehead atoms. The second-order valence-electron chi connectivity index (χ2n) is 7.37. The van der Waals surface area contributed by atoms with Crippen LogP contribution in [0.25, 0.3) is 0 Å². The second-order valence-corrected chi connectivity index (χ2v) is 7.37. The van der Waals surface area contributed by atoms with Crippen LogP contribution in [0.5, 0.6) is 11.5 Å². The summed E-state index contributed by atoms with van der Waals surface area (Å²) in [6.07, 6.45) is 1.32. The number of ether oxygens (including phenoxy) is 2. The van der Waals surface area contributed by atoms with Gasteiger partial charge >= 0.3 is 0 Å². The lowest BCUT2D eigenvalue weighted by molar-refractivity contribution is -0.126. The Bertz CT molecular complexity index is 851. The van der Waals surface area contributed by atoms with Crippen LogP contribution < -0.4 is 14.8 Å². The Labute approximate surface area is 171 Å². The van der Waals surface area contributed by atoms with Crippen LogP contribution >= 0.6 is 0 Å². The van der Waals surface area contributed by atoms with Gasteiger partial charge in [0.1, 0.15) is 11.5 Å². The molecule has 29 heavy (non-hydrogen) atoms. The van der Waals surface area contributed by atoms with E-state index < -0.39 is 0 Å². The van der Waals surface area contributed by atoms with E-state index in [-0.39, 0.29) is 17.7 Å². The highest BCUT2D eigenvalue weighted by Crippen LogP contribution is 2.25. The Morgan fingerprint density at radius 1 is 1.03 bits per heavy atom. The van der Waals surface area contributed by atoms with Gasteiger partial charge in [0.25, 0.3) is 5.91 Å². The largest absolute Gasteiger partial charge is 0.497 e. The standard InChI is InChI=1S/C23H28N2O4/c1-16-5-4-6-17(11-16)15-24-22(26)18-7-9-25(10-8-18)23(27)19-12-20(28-2)14-21(13-19)29-3/h4-6,11-14,18H,7-10,15H2,1-3H3,(H,24,26). The fraction of sp³-hybridized carbons (Fsp3) is 0.391. The van der Waals surface area contributed by atoms with Gasteiger partial charge in [-0.1, -0.05) is 29.8 Å². The molecule has 154 valence electrons. The highest BCUT2D eigenvalue weighted by molar-refractivity contribution is 5.95. The number of rotatable bonds is 6. The first kappa shape index (κ1) is 20.7. The number of carbonyl (C=O) groups is 2.